The van der Waals surface area contributed by atoms with Crippen molar-refractivity contribution in [1.82, 2.24) is 14.6 Å². The molecule has 1 aromatic carbocycles. The van der Waals surface area contributed by atoms with Gasteiger partial charge in [0.15, 0.2) is 5.16 Å². The van der Waals surface area contributed by atoms with Crippen molar-refractivity contribution in [2.45, 2.75) is 12.1 Å². The molecule has 0 bridgehead atoms. The van der Waals surface area contributed by atoms with Crippen LogP contribution in [0.4, 0.5) is 0 Å². The first-order chi connectivity index (χ1) is 8.81. The van der Waals surface area contributed by atoms with Crippen LogP contribution in [0.2, 0.25) is 0 Å². The van der Waals surface area contributed by atoms with Crippen LogP contribution in [0.25, 0.3) is 16.4 Å². The van der Waals surface area contributed by atoms with Gasteiger partial charge in [-0.3, -0.25) is 9.20 Å². The summed E-state index contributed by atoms with van der Waals surface area (Å²) >= 11 is 1.57. The molecular formula is C13H11N3OS. The lowest BCUT2D eigenvalue weighted by atomic mass is 10.2. The number of aromatic nitrogens is 3. The van der Waals surface area contributed by atoms with E-state index in [1.165, 1.54) is 0 Å². The molecule has 2 heterocycles. The Balaban J connectivity index is 2.47. The van der Waals surface area contributed by atoms with Gasteiger partial charge in [-0.15, -0.1) is 10.2 Å². The van der Waals surface area contributed by atoms with Gasteiger partial charge in [-0.05, 0) is 17.2 Å². The van der Waals surface area contributed by atoms with Crippen LogP contribution in [0.1, 0.15) is 6.92 Å². The van der Waals surface area contributed by atoms with Crippen LogP contribution in [0.15, 0.2) is 46.5 Å². The summed E-state index contributed by atoms with van der Waals surface area (Å²) in [5.74, 6) is 0.896. The number of rotatable bonds is 2. The third-order valence-corrected chi connectivity index (χ3v) is 3.57. The van der Waals surface area contributed by atoms with Crippen molar-refractivity contribution in [3.05, 3.63) is 46.8 Å². The van der Waals surface area contributed by atoms with E-state index in [-0.39, 0.29) is 5.43 Å². The summed E-state index contributed by atoms with van der Waals surface area (Å²) in [6.45, 7) is 2.04. The third-order valence-electron chi connectivity index (χ3n) is 2.75. The Kier molecular flexibility index (Phi) is 2.76. The molecule has 4 nitrogen and oxygen atoms in total. The van der Waals surface area contributed by atoms with Crippen molar-refractivity contribution in [2.24, 2.45) is 0 Å². The molecule has 0 saturated heterocycles. The van der Waals surface area contributed by atoms with Crippen molar-refractivity contribution >= 4 is 28.2 Å². The number of benzene rings is 1. The first-order valence-corrected chi connectivity index (χ1v) is 6.69. The second kappa shape index (κ2) is 4.42. The van der Waals surface area contributed by atoms with Gasteiger partial charge in [0.1, 0.15) is 0 Å². The molecule has 0 fully saturated rings. The van der Waals surface area contributed by atoms with E-state index in [4.69, 9.17) is 0 Å². The maximum atomic E-state index is 12.4. The summed E-state index contributed by atoms with van der Waals surface area (Å²) in [4.78, 5) is 12.4. The van der Waals surface area contributed by atoms with Gasteiger partial charge in [0.05, 0.1) is 0 Å². The number of thioether (sulfide) groups is 1. The quantitative estimate of drug-likeness (QED) is 0.661. The summed E-state index contributed by atoms with van der Waals surface area (Å²) < 4.78 is 1.76. The molecule has 18 heavy (non-hydrogen) atoms. The maximum absolute atomic E-state index is 12.4. The van der Waals surface area contributed by atoms with Crippen LogP contribution in [-0.2, 0) is 0 Å². The van der Waals surface area contributed by atoms with E-state index < -0.39 is 0 Å². The van der Waals surface area contributed by atoms with E-state index in [0.717, 1.165) is 16.3 Å². The molecule has 0 aliphatic heterocycles. The van der Waals surface area contributed by atoms with Crippen LogP contribution in [0.5, 0.6) is 0 Å². The maximum Gasteiger partial charge on any atom is 0.231 e. The van der Waals surface area contributed by atoms with Gasteiger partial charge in [0.25, 0.3) is 0 Å². The van der Waals surface area contributed by atoms with Crippen LogP contribution < -0.4 is 5.43 Å². The fraction of sp³-hybridized carbons (Fsp3) is 0.154. The molecule has 0 amide bonds. The van der Waals surface area contributed by atoms with Gasteiger partial charge in [0.2, 0.25) is 11.1 Å². The van der Waals surface area contributed by atoms with E-state index >= 15 is 0 Å². The van der Waals surface area contributed by atoms with Crippen LogP contribution in [0.3, 0.4) is 0 Å². The van der Waals surface area contributed by atoms with Crippen molar-refractivity contribution in [3.63, 3.8) is 0 Å². The Morgan fingerprint density at radius 3 is 2.89 bits per heavy atom. The minimum Gasteiger partial charge on any atom is -0.285 e. The zero-order valence-electron chi connectivity index (χ0n) is 9.83. The molecule has 0 atom stereocenters. The predicted molar refractivity (Wildman–Crippen MR) is 73.2 cm³/mol. The SMILES string of the molecule is CCSc1nnc2c(=O)c3ccccc3ccn12. The van der Waals surface area contributed by atoms with E-state index in [0.29, 0.717) is 11.0 Å². The summed E-state index contributed by atoms with van der Waals surface area (Å²) in [6.07, 6.45) is 1.86. The number of fused-ring (bicyclic) bond motifs is 2. The smallest absolute Gasteiger partial charge is 0.231 e. The predicted octanol–water partition coefficient (Wildman–Crippen LogP) is 2.35. The average Bonchev–Trinajstić information content (AvgIpc) is 2.73. The van der Waals surface area contributed by atoms with Crippen molar-refractivity contribution in [3.8, 4) is 0 Å². The molecule has 0 radical (unpaired) electrons. The summed E-state index contributed by atoms with van der Waals surface area (Å²) in [5, 5.41) is 10.4. The first-order valence-electron chi connectivity index (χ1n) is 5.71. The van der Waals surface area contributed by atoms with Crippen LogP contribution in [-0.4, -0.2) is 20.4 Å². The Hall–Kier alpha value is -1.88. The molecule has 0 saturated carbocycles. The molecule has 3 aromatic rings. The average molecular weight is 257 g/mol. The van der Waals surface area contributed by atoms with Crippen molar-refractivity contribution in [2.75, 3.05) is 5.75 Å². The molecule has 0 unspecified atom stereocenters. The lowest BCUT2D eigenvalue weighted by molar-refractivity contribution is 0.923. The largest absolute Gasteiger partial charge is 0.285 e. The van der Waals surface area contributed by atoms with Gasteiger partial charge in [-0.2, -0.15) is 0 Å². The Morgan fingerprint density at radius 2 is 2.06 bits per heavy atom. The minimum absolute atomic E-state index is 0.0777. The van der Waals surface area contributed by atoms with E-state index in [9.17, 15) is 4.79 Å². The highest BCUT2D eigenvalue weighted by Gasteiger charge is 2.08. The van der Waals surface area contributed by atoms with Crippen molar-refractivity contribution < 1.29 is 0 Å². The fourth-order valence-corrected chi connectivity index (χ4v) is 2.56. The zero-order chi connectivity index (χ0) is 12.5. The highest BCUT2D eigenvalue weighted by Crippen LogP contribution is 2.16. The van der Waals surface area contributed by atoms with Crippen LogP contribution >= 0.6 is 11.8 Å². The fourth-order valence-electron chi connectivity index (χ4n) is 1.92. The van der Waals surface area contributed by atoms with Gasteiger partial charge in [-0.1, -0.05) is 43.0 Å². The Labute approximate surface area is 108 Å². The van der Waals surface area contributed by atoms with Crippen molar-refractivity contribution in [1.29, 1.82) is 0 Å². The topological polar surface area (TPSA) is 47.3 Å². The van der Waals surface area contributed by atoms with Gasteiger partial charge < -0.3 is 0 Å². The molecule has 0 aliphatic rings. The highest BCUT2D eigenvalue weighted by atomic mass is 32.2. The second-order valence-corrected chi connectivity index (χ2v) is 5.07. The van der Waals surface area contributed by atoms with Gasteiger partial charge >= 0.3 is 0 Å². The van der Waals surface area contributed by atoms with Crippen LogP contribution in [0, 0.1) is 0 Å². The molecule has 2 aromatic heterocycles. The molecule has 0 N–H and O–H groups in total. The standard InChI is InChI=1S/C13H11N3OS/c1-2-18-13-15-14-12-11(17)10-6-4-3-5-9(10)7-8-16(12)13/h3-8H,2H2,1H3. The van der Waals surface area contributed by atoms with Gasteiger partial charge in [0, 0.05) is 11.6 Å². The third kappa shape index (κ3) is 1.67. The molecule has 90 valence electrons. The van der Waals surface area contributed by atoms with Gasteiger partial charge in [-0.25, -0.2) is 0 Å². The summed E-state index contributed by atoms with van der Waals surface area (Å²) in [7, 11) is 0. The highest BCUT2D eigenvalue weighted by molar-refractivity contribution is 7.99. The Morgan fingerprint density at radius 1 is 1.22 bits per heavy atom. The molecule has 5 heteroatoms. The summed E-state index contributed by atoms with van der Waals surface area (Å²) in [5.41, 5.74) is 0.304. The molecule has 3 rings (SSSR count). The van der Waals surface area contributed by atoms with E-state index in [1.807, 2.05) is 43.5 Å². The lowest BCUT2D eigenvalue weighted by Gasteiger charge is -1.91. The number of hydrogen-bond acceptors (Lipinski definition) is 4. The molecule has 0 aliphatic carbocycles. The Bertz CT molecular complexity index is 782. The normalized spacial score (nSPS) is 11.2. The van der Waals surface area contributed by atoms with E-state index in [1.54, 1.807) is 16.2 Å². The second-order valence-electron chi connectivity index (χ2n) is 3.84. The minimum atomic E-state index is -0.0777. The number of hydrogen-bond donors (Lipinski definition) is 0. The lowest BCUT2D eigenvalue weighted by Crippen LogP contribution is -2.01. The molecular weight excluding hydrogens is 246 g/mol. The number of nitrogens with zero attached hydrogens (tertiary/aromatic N) is 3. The van der Waals surface area contributed by atoms with E-state index in [2.05, 4.69) is 10.2 Å². The molecule has 0 spiro atoms. The first kappa shape index (κ1) is 11.2. The monoisotopic (exact) mass is 257 g/mol. The zero-order valence-corrected chi connectivity index (χ0v) is 10.6. The summed E-state index contributed by atoms with van der Waals surface area (Å²) in [6, 6.07) is 9.45.